The van der Waals surface area contributed by atoms with E-state index in [0.29, 0.717) is 18.8 Å². The largest absolute Gasteiger partial charge is 0.490 e. The molecule has 1 amide bonds. The van der Waals surface area contributed by atoms with Gasteiger partial charge < -0.3 is 14.5 Å². The standard InChI is InChI=1S/C27H32N2O3/c1-28(15-14-21-8-4-2-5-9-21)27(31)18-29-24(19-30)16-23-17-25(12-13-26(23)29)32-20-22-10-6-3-7-11-22/h2,4-5,8-10,12,16-17,19,26H,3,6-7,11,13-15,18,20H2,1H3. The molecule has 168 valence electrons. The quantitative estimate of drug-likeness (QED) is 0.434. The van der Waals surface area contributed by atoms with Gasteiger partial charge in [0.25, 0.3) is 0 Å². The van der Waals surface area contributed by atoms with Crippen LogP contribution in [-0.4, -0.2) is 54.8 Å². The molecule has 4 rings (SSSR count). The van der Waals surface area contributed by atoms with Crippen LogP contribution in [0.15, 0.2) is 77.2 Å². The zero-order valence-electron chi connectivity index (χ0n) is 18.8. The summed E-state index contributed by atoms with van der Waals surface area (Å²) in [6, 6.07) is 10.2. The number of likely N-dealkylation sites (N-methyl/N-ethyl adjacent to an activating group) is 1. The fraction of sp³-hybridized carbons (Fsp3) is 0.407. The maximum atomic E-state index is 12.9. The third-order valence-corrected chi connectivity index (χ3v) is 6.50. The summed E-state index contributed by atoms with van der Waals surface area (Å²) < 4.78 is 6.03. The molecule has 0 spiro atoms. The smallest absolute Gasteiger partial charge is 0.241 e. The van der Waals surface area contributed by atoms with Crippen LogP contribution in [0, 0.1) is 0 Å². The Morgan fingerprint density at radius 2 is 2.03 bits per heavy atom. The third-order valence-electron chi connectivity index (χ3n) is 6.50. The second kappa shape index (κ2) is 10.5. The van der Waals surface area contributed by atoms with Crippen LogP contribution in [-0.2, 0) is 20.7 Å². The summed E-state index contributed by atoms with van der Waals surface area (Å²) in [7, 11) is 1.83. The van der Waals surface area contributed by atoms with Gasteiger partial charge in [0.05, 0.1) is 18.3 Å². The fourth-order valence-electron chi connectivity index (χ4n) is 4.51. The second-order valence-corrected chi connectivity index (χ2v) is 8.77. The van der Waals surface area contributed by atoms with E-state index in [9.17, 15) is 9.59 Å². The molecule has 0 aromatic heterocycles. The van der Waals surface area contributed by atoms with Crippen molar-refractivity contribution in [2.75, 3.05) is 26.7 Å². The summed E-state index contributed by atoms with van der Waals surface area (Å²) >= 11 is 0. The minimum atomic E-state index is 0.0166. The van der Waals surface area contributed by atoms with Crippen LogP contribution in [0.4, 0.5) is 0 Å². The highest BCUT2D eigenvalue weighted by Crippen LogP contribution is 2.33. The number of ether oxygens (including phenoxy) is 1. The maximum Gasteiger partial charge on any atom is 0.241 e. The van der Waals surface area contributed by atoms with Gasteiger partial charge in [-0.3, -0.25) is 9.59 Å². The Hall–Kier alpha value is -3.08. The van der Waals surface area contributed by atoms with Crippen molar-refractivity contribution in [2.45, 2.75) is 44.6 Å². The van der Waals surface area contributed by atoms with Gasteiger partial charge in [-0.1, -0.05) is 36.4 Å². The zero-order chi connectivity index (χ0) is 22.3. The van der Waals surface area contributed by atoms with E-state index >= 15 is 0 Å². The van der Waals surface area contributed by atoms with Crippen LogP contribution < -0.4 is 0 Å². The lowest BCUT2D eigenvalue weighted by Crippen LogP contribution is -2.42. The Morgan fingerprint density at radius 1 is 1.19 bits per heavy atom. The number of fused-ring (bicyclic) bond motifs is 1. The van der Waals surface area contributed by atoms with E-state index in [4.69, 9.17) is 4.74 Å². The van der Waals surface area contributed by atoms with Gasteiger partial charge in [-0.25, -0.2) is 0 Å². The Labute approximate surface area is 190 Å². The summed E-state index contributed by atoms with van der Waals surface area (Å²) in [6.07, 6.45) is 15.5. The first kappa shape index (κ1) is 22.1. The van der Waals surface area contributed by atoms with E-state index in [1.807, 2.05) is 42.3 Å². The van der Waals surface area contributed by atoms with Crippen LogP contribution in [0.2, 0.25) is 0 Å². The first-order valence-corrected chi connectivity index (χ1v) is 11.6. The Kier molecular flexibility index (Phi) is 7.25. The average Bonchev–Trinajstić information content (AvgIpc) is 3.19. The number of carbonyl (C=O) groups excluding carboxylic acids is 2. The molecule has 0 saturated carbocycles. The highest BCUT2D eigenvalue weighted by molar-refractivity contribution is 5.82. The molecule has 1 unspecified atom stereocenters. The van der Waals surface area contributed by atoms with Crippen LogP contribution in [0.3, 0.4) is 0 Å². The van der Waals surface area contributed by atoms with Crippen LogP contribution in [0.1, 0.15) is 37.7 Å². The Balaban J connectivity index is 1.33. The topological polar surface area (TPSA) is 49.9 Å². The molecular weight excluding hydrogens is 400 g/mol. The van der Waals surface area contributed by atoms with Crippen molar-refractivity contribution in [3.8, 4) is 0 Å². The van der Waals surface area contributed by atoms with Gasteiger partial charge in [0.2, 0.25) is 5.91 Å². The number of aldehydes is 1. The van der Waals surface area contributed by atoms with Gasteiger partial charge in [-0.05, 0) is 73.5 Å². The summed E-state index contributed by atoms with van der Waals surface area (Å²) in [5, 5.41) is 0. The first-order chi connectivity index (χ1) is 15.6. The summed E-state index contributed by atoms with van der Waals surface area (Å²) in [5.41, 5.74) is 4.19. The van der Waals surface area contributed by atoms with E-state index in [2.05, 4.69) is 24.3 Å². The predicted octanol–water partition coefficient (Wildman–Crippen LogP) is 4.19. The Bertz CT molecular complexity index is 958. The number of hydrogen-bond donors (Lipinski definition) is 0. The molecule has 3 aliphatic rings. The van der Waals surface area contributed by atoms with Crippen molar-refractivity contribution >= 4 is 12.2 Å². The number of amides is 1. The molecule has 1 aromatic carbocycles. The van der Waals surface area contributed by atoms with Crippen molar-refractivity contribution in [3.05, 3.63) is 82.8 Å². The number of carbonyl (C=O) groups is 2. The van der Waals surface area contributed by atoms with Crippen LogP contribution in [0.25, 0.3) is 0 Å². The van der Waals surface area contributed by atoms with Gasteiger partial charge in [0.1, 0.15) is 12.4 Å². The molecule has 32 heavy (non-hydrogen) atoms. The number of nitrogens with zero attached hydrogens (tertiary/aromatic N) is 2. The van der Waals surface area contributed by atoms with Gasteiger partial charge in [0, 0.05) is 13.6 Å². The molecule has 2 aliphatic carbocycles. The highest BCUT2D eigenvalue weighted by atomic mass is 16.5. The lowest BCUT2D eigenvalue weighted by Gasteiger charge is -2.31. The number of allylic oxidation sites excluding steroid dienone is 3. The minimum Gasteiger partial charge on any atom is -0.490 e. The summed E-state index contributed by atoms with van der Waals surface area (Å²) in [4.78, 5) is 28.3. The summed E-state index contributed by atoms with van der Waals surface area (Å²) in [5.74, 6) is 0.877. The van der Waals surface area contributed by atoms with E-state index in [-0.39, 0.29) is 18.5 Å². The fourth-order valence-corrected chi connectivity index (χ4v) is 4.51. The van der Waals surface area contributed by atoms with E-state index in [0.717, 1.165) is 43.3 Å². The zero-order valence-corrected chi connectivity index (χ0v) is 18.8. The van der Waals surface area contributed by atoms with Gasteiger partial charge in [-0.2, -0.15) is 0 Å². The first-order valence-electron chi connectivity index (χ1n) is 11.6. The van der Waals surface area contributed by atoms with Crippen LogP contribution in [0.5, 0.6) is 0 Å². The highest BCUT2D eigenvalue weighted by Gasteiger charge is 2.33. The number of rotatable bonds is 9. The number of benzene rings is 1. The molecule has 5 heteroatoms. The SMILES string of the molecule is CN(CCc1ccccc1)C(=O)CN1C(C=O)=CC2=CC(OCC3=CCCCC3)=CCC21. The van der Waals surface area contributed by atoms with Crippen molar-refractivity contribution in [1.82, 2.24) is 9.80 Å². The second-order valence-electron chi connectivity index (χ2n) is 8.77. The molecule has 1 atom stereocenters. The Morgan fingerprint density at radius 3 is 2.78 bits per heavy atom. The lowest BCUT2D eigenvalue weighted by atomic mass is 9.99. The van der Waals surface area contributed by atoms with Crippen LogP contribution >= 0.6 is 0 Å². The normalized spacial score (nSPS) is 19.9. The maximum absolute atomic E-state index is 12.9. The molecule has 0 saturated heterocycles. The minimum absolute atomic E-state index is 0.0166. The van der Waals surface area contributed by atoms with E-state index < -0.39 is 0 Å². The van der Waals surface area contributed by atoms with Crippen molar-refractivity contribution in [3.63, 3.8) is 0 Å². The molecule has 0 radical (unpaired) electrons. The lowest BCUT2D eigenvalue weighted by molar-refractivity contribution is -0.131. The molecule has 0 bridgehead atoms. The third kappa shape index (κ3) is 5.39. The van der Waals surface area contributed by atoms with E-state index in [1.165, 1.54) is 24.0 Å². The monoisotopic (exact) mass is 432 g/mol. The molecular formula is C27H32N2O3. The predicted molar refractivity (Wildman–Crippen MR) is 126 cm³/mol. The van der Waals surface area contributed by atoms with Crippen molar-refractivity contribution in [1.29, 1.82) is 0 Å². The van der Waals surface area contributed by atoms with Gasteiger partial charge >= 0.3 is 0 Å². The average molecular weight is 433 g/mol. The molecule has 5 nitrogen and oxygen atoms in total. The molecule has 0 N–H and O–H groups in total. The number of hydrogen-bond acceptors (Lipinski definition) is 4. The van der Waals surface area contributed by atoms with Gasteiger partial charge in [0.15, 0.2) is 6.29 Å². The molecule has 0 fully saturated rings. The van der Waals surface area contributed by atoms with Crippen molar-refractivity contribution < 1.29 is 14.3 Å². The van der Waals surface area contributed by atoms with Gasteiger partial charge in [-0.15, -0.1) is 0 Å². The van der Waals surface area contributed by atoms with Crippen molar-refractivity contribution in [2.24, 2.45) is 0 Å². The molecule has 1 aliphatic heterocycles. The molecule has 1 heterocycles. The summed E-state index contributed by atoms with van der Waals surface area (Å²) in [6.45, 7) is 1.49. The van der Waals surface area contributed by atoms with E-state index in [1.54, 1.807) is 4.90 Å². The molecule has 1 aromatic rings.